The molecular weight excluding hydrogens is 310 g/mol. The number of methoxy groups -OCH3 is 1. The van der Waals surface area contributed by atoms with E-state index in [2.05, 4.69) is 20.1 Å². The zero-order chi connectivity index (χ0) is 16.9. The second-order valence-electron chi connectivity index (χ2n) is 5.73. The first-order valence-corrected chi connectivity index (χ1v) is 7.96. The van der Waals surface area contributed by atoms with Crippen LogP contribution in [0.2, 0.25) is 0 Å². The van der Waals surface area contributed by atoms with Gasteiger partial charge in [-0.25, -0.2) is 4.98 Å². The van der Waals surface area contributed by atoms with Crippen molar-refractivity contribution in [1.29, 1.82) is 0 Å². The Hall–Kier alpha value is -2.48. The van der Waals surface area contributed by atoms with Crippen LogP contribution < -0.4 is 4.74 Å². The summed E-state index contributed by atoms with van der Waals surface area (Å²) < 4.78 is 10.5. The van der Waals surface area contributed by atoms with E-state index < -0.39 is 0 Å². The maximum Gasteiger partial charge on any atom is 0.255 e. The van der Waals surface area contributed by atoms with Crippen LogP contribution in [0, 0.1) is 6.92 Å². The Morgan fingerprint density at radius 3 is 2.79 bits per heavy atom. The number of nitrogens with zero attached hydrogens (tertiary/aromatic N) is 5. The first-order valence-electron chi connectivity index (χ1n) is 7.96. The molecule has 0 aromatic carbocycles. The van der Waals surface area contributed by atoms with E-state index in [-0.39, 0.29) is 5.91 Å². The monoisotopic (exact) mass is 331 g/mol. The first kappa shape index (κ1) is 16.4. The summed E-state index contributed by atoms with van der Waals surface area (Å²) in [5.41, 5.74) is 0.580. The van der Waals surface area contributed by atoms with Crippen molar-refractivity contribution < 1.29 is 13.9 Å². The van der Waals surface area contributed by atoms with Crippen molar-refractivity contribution in [1.82, 2.24) is 25.0 Å². The largest absolute Gasteiger partial charge is 0.481 e. The number of ether oxygens (including phenoxy) is 1. The molecule has 0 N–H and O–H groups in total. The van der Waals surface area contributed by atoms with Crippen molar-refractivity contribution in [2.45, 2.75) is 19.9 Å². The van der Waals surface area contributed by atoms with Gasteiger partial charge in [0.05, 0.1) is 19.2 Å². The molecule has 1 fully saturated rings. The highest BCUT2D eigenvalue weighted by Gasteiger charge is 2.21. The molecule has 0 saturated carbocycles. The van der Waals surface area contributed by atoms with Gasteiger partial charge in [-0.1, -0.05) is 0 Å². The molecule has 0 atom stereocenters. The van der Waals surface area contributed by atoms with E-state index >= 15 is 0 Å². The molecule has 1 aliphatic heterocycles. The van der Waals surface area contributed by atoms with E-state index in [0.29, 0.717) is 36.3 Å². The predicted molar refractivity (Wildman–Crippen MR) is 85.6 cm³/mol. The number of hydrogen-bond acceptors (Lipinski definition) is 7. The summed E-state index contributed by atoms with van der Waals surface area (Å²) in [6.45, 7) is 5.46. The molecule has 0 bridgehead atoms. The number of carbonyl (C=O) groups excluding carboxylic acids is 1. The van der Waals surface area contributed by atoms with Crippen LogP contribution in [0.5, 0.6) is 5.88 Å². The van der Waals surface area contributed by atoms with E-state index in [4.69, 9.17) is 9.15 Å². The summed E-state index contributed by atoms with van der Waals surface area (Å²) in [6, 6.07) is 3.45. The van der Waals surface area contributed by atoms with Gasteiger partial charge in [0.25, 0.3) is 5.91 Å². The molecule has 0 aliphatic carbocycles. The zero-order valence-corrected chi connectivity index (χ0v) is 13.9. The highest BCUT2D eigenvalue weighted by Crippen LogP contribution is 2.13. The van der Waals surface area contributed by atoms with Gasteiger partial charge in [-0.15, -0.1) is 10.2 Å². The molecule has 0 unspecified atom stereocenters. The van der Waals surface area contributed by atoms with Crippen LogP contribution in [0.15, 0.2) is 22.7 Å². The smallest absolute Gasteiger partial charge is 0.255 e. The minimum Gasteiger partial charge on any atom is -0.481 e. The Morgan fingerprint density at radius 2 is 2.12 bits per heavy atom. The molecular formula is C16H21N5O3. The predicted octanol–water partition coefficient (Wildman–Crippen LogP) is 1.13. The van der Waals surface area contributed by atoms with Crippen LogP contribution in [0.3, 0.4) is 0 Å². The van der Waals surface area contributed by atoms with Crippen molar-refractivity contribution in [3.8, 4) is 5.88 Å². The molecule has 2 aromatic heterocycles. The SMILES string of the molecule is COc1ccc(C(=O)N2CCCN(Cc3nnc(C)o3)CC2)cn1. The number of carbonyl (C=O) groups is 1. The van der Waals surface area contributed by atoms with Gasteiger partial charge < -0.3 is 14.1 Å². The van der Waals surface area contributed by atoms with E-state index in [0.717, 1.165) is 26.1 Å². The van der Waals surface area contributed by atoms with Gasteiger partial charge in [0.1, 0.15) is 0 Å². The molecule has 2 aromatic rings. The summed E-state index contributed by atoms with van der Waals surface area (Å²) in [5.74, 6) is 1.69. The van der Waals surface area contributed by atoms with Gasteiger partial charge in [0.15, 0.2) is 0 Å². The van der Waals surface area contributed by atoms with E-state index in [1.54, 1.807) is 32.4 Å². The second-order valence-corrected chi connectivity index (χ2v) is 5.73. The Kier molecular flexibility index (Phi) is 5.05. The lowest BCUT2D eigenvalue weighted by Gasteiger charge is -2.21. The normalized spacial score (nSPS) is 16.0. The Bertz CT molecular complexity index is 685. The van der Waals surface area contributed by atoms with Gasteiger partial charge in [-0.2, -0.15) is 0 Å². The number of hydrogen-bond donors (Lipinski definition) is 0. The molecule has 0 spiro atoms. The number of amides is 1. The second kappa shape index (κ2) is 7.39. The van der Waals surface area contributed by atoms with Gasteiger partial charge in [0.2, 0.25) is 17.7 Å². The van der Waals surface area contributed by atoms with Crippen molar-refractivity contribution in [3.05, 3.63) is 35.7 Å². The zero-order valence-electron chi connectivity index (χ0n) is 13.9. The highest BCUT2D eigenvalue weighted by atomic mass is 16.5. The van der Waals surface area contributed by atoms with Gasteiger partial charge in [0, 0.05) is 45.4 Å². The maximum absolute atomic E-state index is 12.6. The van der Waals surface area contributed by atoms with Gasteiger partial charge in [-0.05, 0) is 12.5 Å². The fourth-order valence-electron chi connectivity index (χ4n) is 2.73. The third kappa shape index (κ3) is 3.88. The third-order valence-corrected chi connectivity index (χ3v) is 3.99. The van der Waals surface area contributed by atoms with Crippen molar-refractivity contribution in [2.75, 3.05) is 33.3 Å². The number of pyridine rings is 1. The first-order chi connectivity index (χ1) is 11.7. The molecule has 8 heteroatoms. The average molecular weight is 331 g/mol. The van der Waals surface area contributed by atoms with Gasteiger partial charge in [-0.3, -0.25) is 9.69 Å². The summed E-state index contributed by atoms with van der Waals surface area (Å²) in [5, 5.41) is 7.88. The molecule has 0 radical (unpaired) electrons. The Balaban J connectivity index is 1.58. The maximum atomic E-state index is 12.6. The quantitative estimate of drug-likeness (QED) is 0.830. The highest BCUT2D eigenvalue weighted by molar-refractivity contribution is 5.94. The average Bonchev–Trinajstić information content (AvgIpc) is 2.87. The van der Waals surface area contributed by atoms with Crippen molar-refractivity contribution in [3.63, 3.8) is 0 Å². The molecule has 128 valence electrons. The molecule has 3 rings (SSSR count). The Morgan fingerprint density at radius 1 is 1.25 bits per heavy atom. The van der Waals surface area contributed by atoms with Crippen LogP contribution in [0.4, 0.5) is 0 Å². The fourth-order valence-corrected chi connectivity index (χ4v) is 2.73. The molecule has 3 heterocycles. The summed E-state index contributed by atoms with van der Waals surface area (Å²) in [7, 11) is 1.55. The number of aryl methyl sites for hydroxylation is 1. The van der Waals surface area contributed by atoms with Crippen LogP contribution in [0.1, 0.15) is 28.6 Å². The standard InChI is InChI=1S/C16H21N5O3/c1-12-18-19-15(24-12)11-20-6-3-7-21(9-8-20)16(22)13-4-5-14(23-2)17-10-13/h4-5,10H,3,6-9,11H2,1-2H3. The van der Waals surface area contributed by atoms with E-state index in [1.807, 2.05) is 4.90 Å². The fraction of sp³-hybridized carbons (Fsp3) is 0.500. The van der Waals surface area contributed by atoms with Crippen molar-refractivity contribution in [2.24, 2.45) is 0 Å². The Labute approximate surface area is 140 Å². The minimum atomic E-state index is 0.000591. The summed E-state index contributed by atoms with van der Waals surface area (Å²) in [4.78, 5) is 20.8. The number of rotatable bonds is 4. The van der Waals surface area contributed by atoms with Crippen LogP contribution >= 0.6 is 0 Å². The lowest BCUT2D eigenvalue weighted by molar-refractivity contribution is 0.0760. The molecule has 1 saturated heterocycles. The lowest BCUT2D eigenvalue weighted by atomic mass is 10.2. The molecule has 1 aliphatic rings. The lowest BCUT2D eigenvalue weighted by Crippen LogP contribution is -2.35. The number of aromatic nitrogens is 3. The molecule has 1 amide bonds. The van der Waals surface area contributed by atoms with E-state index in [9.17, 15) is 4.79 Å². The van der Waals surface area contributed by atoms with Crippen LogP contribution in [0.25, 0.3) is 0 Å². The summed E-state index contributed by atoms with van der Waals surface area (Å²) in [6.07, 6.45) is 2.47. The van der Waals surface area contributed by atoms with Crippen LogP contribution in [-0.4, -0.2) is 64.2 Å². The summed E-state index contributed by atoms with van der Waals surface area (Å²) >= 11 is 0. The van der Waals surface area contributed by atoms with E-state index in [1.165, 1.54) is 0 Å². The molecule has 8 nitrogen and oxygen atoms in total. The minimum absolute atomic E-state index is 0.000591. The topological polar surface area (TPSA) is 84.6 Å². The van der Waals surface area contributed by atoms with Crippen molar-refractivity contribution >= 4 is 5.91 Å². The molecule has 24 heavy (non-hydrogen) atoms. The van der Waals surface area contributed by atoms with Gasteiger partial charge >= 0.3 is 0 Å². The van der Waals surface area contributed by atoms with Crippen LogP contribution in [-0.2, 0) is 6.54 Å². The third-order valence-electron chi connectivity index (χ3n) is 3.99.